The second-order valence-electron chi connectivity index (χ2n) is 13.2. The first-order chi connectivity index (χ1) is 23.3. The number of piperidine rings is 1. The highest BCUT2D eigenvalue weighted by molar-refractivity contribution is 7.92. The molecule has 4 heterocycles. The van der Waals surface area contributed by atoms with E-state index in [4.69, 9.17) is 4.74 Å². The van der Waals surface area contributed by atoms with E-state index in [9.17, 15) is 22.0 Å². The second kappa shape index (κ2) is 13.7. The molecular formula is C36H40F2N6O4S. The Morgan fingerprint density at radius 2 is 1.71 bits per heavy atom. The van der Waals surface area contributed by atoms with E-state index in [1.165, 1.54) is 18.2 Å². The van der Waals surface area contributed by atoms with Crippen molar-refractivity contribution in [2.75, 3.05) is 29.3 Å². The number of amides is 1. The van der Waals surface area contributed by atoms with Gasteiger partial charge >= 0.3 is 0 Å². The van der Waals surface area contributed by atoms with Gasteiger partial charge in [-0.2, -0.15) is 4.98 Å². The lowest BCUT2D eigenvalue weighted by atomic mass is 10.00. The number of benzene rings is 2. The number of nitrogens with one attached hydrogen (secondary N) is 1. The molecule has 0 radical (unpaired) electrons. The van der Waals surface area contributed by atoms with Crippen LogP contribution in [0.3, 0.4) is 0 Å². The number of nitrogens with zero attached hydrogens (tertiary/aromatic N) is 5. The van der Waals surface area contributed by atoms with Crippen LogP contribution < -0.4 is 14.4 Å². The van der Waals surface area contributed by atoms with Gasteiger partial charge in [0.2, 0.25) is 11.8 Å². The number of anilines is 2. The number of aromatic nitrogens is 3. The first-order valence-corrected chi connectivity index (χ1v) is 17.9. The molecule has 6 rings (SSSR count). The highest BCUT2D eigenvalue weighted by atomic mass is 32.2. The number of halogens is 2. The summed E-state index contributed by atoms with van der Waals surface area (Å²) >= 11 is 0. The van der Waals surface area contributed by atoms with Crippen molar-refractivity contribution in [1.29, 1.82) is 0 Å². The summed E-state index contributed by atoms with van der Waals surface area (Å²) in [5.41, 5.74) is 4.17. The van der Waals surface area contributed by atoms with Gasteiger partial charge < -0.3 is 14.5 Å². The molecule has 1 fully saturated rings. The van der Waals surface area contributed by atoms with Gasteiger partial charge in [0, 0.05) is 55.9 Å². The van der Waals surface area contributed by atoms with Gasteiger partial charge in [-0.15, -0.1) is 0 Å². The van der Waals surface area contributed by atoms with Crippen LogP contribution in [0.25, 0.3) is 11.3 Å². The molecule has 4 aromatic rings. The molecule has 2 aliphatic rings. The van der Waals surface area contributed by atoms with Crippen LogP contribution in [0.1, 0.15) is 60.2 Å². The van der Waals surface area contributed by atoms with Crippen molar-refractivity contribution < 1.29 is 26.7 Å². The number of aryl methyl sites for hydroxylation is 2. The third-order valence-electron chi connectivity index (χ3n) is 8.91. The number of sulfonamides is 1. The minimum atomic E-state index is -4.20. The third kappa shape index (κ3) is 7.82. The number of ether oxygens (including phenoxy) is 1. The summed E-state index contributed by atoms with van der Waals surface area (Å²) < 4.78 is 63.5. The van der Waals surface area contributed by atoms with Crippen molar-refractivity contribution in [2.45, 2.75) is 70.4 Å². The Morgan fingerprint density at radius 1 is 1.00 bits per heavy atom. The summed E-state index contributed by atoms with van der Waals surface area (Å²) in [4.78, 5) is 31.3. The molecule has 49 heavy (non-hydrogen) atoms. The van der Waals surface area contributed by atoms with Crippen molar-refractivity contribution in [3.05, 3.63) is 89.1 Å². The number of carbonyl (C=O) groups excluding carboxylic acids is 1. The van der Waals surface area contributed by atoms with Crippen LogP contribution in [0.2, 0.25) is 0 Å². The van der Waals surface area contributed by atoms with Gasteiger partial charge in [-0.1, -0.05) is 44.2 Å². The minimum Gasteiger partial charge on any atom is -0.475 e. The van der Waals surface area contributed by atoms with Crippen LogP contribution >= 0.6 is 0 Å². The molecule has 10 nitrogen and oxygen atoms in total. The van der Waals surface area contributed by atoms with E-state index >= 15 is 0 Å². The average Bonchev–Trinajstić information content (AvgIpc) is 3.05. The van der Waals surface area contributed by atoms with E-state index in [0.29, 0.717) is 17.9 Å². The van der Waals surface area contributed by atoms with Crippen LogP contribution in [0.15, 0.2) is 71.8 Å². The number of hydrogen-bond acceptors (Lipinski definition) is 8. The highest BCUT2D eigenvalue weighted by Gasteiger charge is 2.34. The van der Waals surface area contributed by atoms with Crippen molar-refractivity contribution in [1.82, 2.24) is 19.9 Å². The highest BCUT2D eigenvalue weighted by Crippen LogP contribution is 2.32. The summed E-state index contributed by atoms with van der Waals surface area (Å²) in [6, 6.07) is 16.6. The van der Waals surface area contributed by atoms with E-state index in [2.05, 4.69) is 33.5 Å². The normalized spacial score (nSPS) is 18.9. The van der Waals surface area contributed by atoms with Crippen molar-refractivity contribution >= 4 is 27.7 Å². The summed E-state index contributed by atoms with van der Waals surface area (Å²) in [5, 5.41) is 0. The Bertz CT molecular complexity index is 1930. The number of alkyl halides is 2. The molecule has 0 unspecified atom stereocenters. The first-order valence-electron chi connectivity index (χ1n) is 16.4. The fourth-order valence-electron chi connectivity index (χ4n) is 6.37. The lowest BCUT2D eigenvalue weighted by Gasteiger charge is -2.34. The quantitative estimate of drug-likeness (QED) is 0.239. The standard InChI is InChI=1S/C36H40F2N6O4S/c1-23(2)17-28-22-48-32-19-30(33-24(3)7-5-8-25(33)4)40-35(41-32)42-49(46,47)29-10-6-9-27(18-29)34(45)44(28)21-26-11-12-31(39-20-26)43-15-13-36(37,38)14-16-43/h5-12,18-20,23,28H,13-17,21-22H2,1-4H3,(H,40,41,42)/t28-/m1/s1. The Kier molecular flexibility index (Phi) is 9.56. The van der Waals surface area contributed by atoms with Crippen LogP contribution in [-0.2, 0) is 16.6 Å². The van der Waals surface area contributed by atoms with Gasteiger partial charge in [0.15, 0.2) is 0 Å². The molecule has 2 aromatic heterocycles. The van der Waals surface area contributed by atoms with Crippen LogP contribution in [-0.4, -0.2) is 65.8 Å². The zero-order valence-corrected chi connectivity index (χ0v) is 28.8. The number of pyridine rings is 1. The third-order valence-corrected chi connectivity index (χ3v) is 10.2. The summed E-state index contributed by atoms with van der Waals surface area (Å²) in [6.45, 7) is 8.68. The fourth-order valence-corrected chi connectivity index (χ4v) is 7.36. The Morgan fingerprint density at radius 3 is 2.39 bits per heavy atom. The molecule has 2 aromatic carbocycles. The monoisotopic (exact) mass is 690 g/mol. The van der Waals surface area contributed by atoms with E-state index in [1.54, 1.807) is 29.3 Å². The maximum Gasteiger partial charge on any atom is 0.264 e. The molecule has 0 spiro atoms. The molecular weight excluding hydrogens is 650 g/mol. The lowest BCUT2D eigenvalue weighted by Crippen LogP contribution is -2.44. The van der Waals surface area contributed by atoms with Crippen LogP contribution in [0.4, 0.5) is 20.5 Å². The molecule has 258 valence electrons. The molecule has 1 saturated heterocycles. The maximum atomic E-state index is 14.3. The van der Waals surface area contributed by atoms with Crippen LogP contribution in [0, 0.1) is 19.8 Å². The summed E-state index contributed by atoms with van der Waals surface area (Å²) in [7, 11) is -4.20. The van der Waals surface area contributed by atoms with Crippen molar-refractivity contribution in [3.8, 4) is 17.1 Å². The number of hydrogen-bond donors (Lipinski definition) is 1. The molecule has 13 heteroatoms. The predicted molar refractivity (Wildman–Crippen MR) is 183 cm³/mol. The molecule has 0 saturated carbocycles. The maximum absolute atomic E-state index is 14.3. The van der Waals surface area contributed by atoms with E-state index in [0.717, 1.165) is 22.3 Å². The zero-order valence-electron chi connectivity index (χ0n) is 28.0. The molecule has 1 N–H and O–H groups in total. The molecule has 2 aliphatic heterocycles. The summed E-state index contributed by atoms with van der Waals surface area (Å²) in [6.07, 6.45) is 1.79. The van der Waals surface area contributed by atoms with Gasteiger partial charge in [0.1, 0.15) is 12.4 Å². The number of carbonyl (C=O) groups is 1. The molecule has 0 aliphatic carbocycles. The summed E-state index contributed by atoms with van der Waals surface area (Å²) in [5.74, 6) is -2.24. The SMILES string of the molecule is Cc1cccc(C)c1-c1cc2nc(n1)NS(=O)(=O)c1cccc(c1)C(=O)N(Cc1ccc(N3CCC(F)(F)CC3)nc1)[C@H](CC(C)C)CO2. The number of fused-ring (bicyclic) bond motifs is 4. The first kappa shape index (κ1) is 34.2. The minimum absolute atomic E-state index is 0.0759. The van der Waals surface area contributed by atoms with Gasteiger partial charge in [-0.05, 0) is 67.1 Å². The smallest absolute Gasteiger partial charge is 0.264 e. The Balaban J connectivity index is 1.39. The van der Waals surface area contributed by atoms with Gasteiger partial charge in [-0.25, -0.2) is 31.9 Å². The van der Waals surface area contributed by atoms with Gasteiger partial charge in [0.05, 0.1) is 16.6 Å². The van der Waals surface area contributed by atoms with E-state index < -0.39 is 22.0 Å². The second-order valence-corrected chi connectivity index (χ2v) is 14.9. The Hall–Kier alpha value is -4.65. The molecule has 1 amide bonds. The van der Waals surface area contributed by atoms with Gasteiger partial charge in [0.25, 0.3) is 21.9 Å². The topological polar surface area (TPSA) is 118 Å². The fraction of sp³-hybridized carbons (Fsp3) is 0.389. The van der Waals surface area contributed by atoms with E-state index in [1.807, 2.05) is 43.0 Å². The zero-order chi connectivity index (χ0) is 34.9. The Labute approximate surface area is 285 Å². The van der Waals surface area contributed by atoms with Crippen LogP contribution in [0.5, 0.6) is 5.88 Å². The largest absolute Gasteiger partial charge is 0.475 e. The van der Waals surface area contributed by atoms with Gasteiger partial charge in [-0.3, -0.25) is 4.79 Å². The average molecular weight is 691 g/mol. The molecule has 1 atom stereocenters. The predicted octanol–water partition coefficient (Wildman–Crippen LogP) is 6.64. The van der Waals surface area contributed by atoms with E-state index in [-0.39, 0.29) is 73.2 Å². The molecule has 4 bridgehead atoms. The van der Waals surface area contributed by atoms with Crippen molar-refractivity contribution in [2.24, 2.45) is 5.92 Å². The number of rotatable bonds is 6. The van der Waals surface area contributed by atoms with Crippen molar-refractivity contribution in [3.63, 3.8) is 0 Å². The lowest BCUT2D eigenvalue weighted by molar-refractivity contribution is -0.0221.